The summed E-state index contributed by atoms with van der Waals surface area (Å²) in [6.45, 7) is 1.66. The van der Waals surface area contributed by atoms with Gasteiger partial charge in [0.15, 0.2) is 14.6 Å². The smallest absolute Gasteiger partial charge is 0.433 e. The van der Waals surface area contributed by atoms with Crippen LogP contribution < -0.4 is 15.0 Å². The predicted molar refractivity (Wildman–Crippen MR) is 153 cm³/mol. The molecule has 3 aromatic rings. The van der Waals surface area contributed by atoms with Gasteiger partial charge in [-0.15, -0.1) is 0 Å². The summed E-state index contributed by atoms with van der Waals surface area (Å²) in [5.41, 5.74) is 0.959. The number of hydroxylamine groups is 1. The first-order valence-electron chi connectivity index (χ1n) is 13.9. The number of likely N-dealkylation sites (tertiary alicyclic amines) is 1. The molecule has 2 N–H and O–H groups in total. The SMILES string of the molecule is COCCN1CCC(C(=O)NO)(S(=O)(=O)c2ccc(OCCCn3ncc(-c4ccc(OC)cc4)c3C(F)(F)F)cc2)CC1. The summed E-state index contributed by atoms with van der Waals surface area (Å²) in [5.74, 6) is -0.169. The molecule has 44 heavy (non-hydrogen) atoms. The number of hydrogen-bond acceptors (Lipinski definition) is 9. The summed E-state index contributed by atoms with van der Waals surface area (Å²) >= 11 is 0. The first kappa shape index (κ1) is 33.2. The van der Waals surface area contributed by atoms with E-state index in [9.17, 15) is 31.6 Å². The number of hydrogen-bond donors (Lipinski definition) is 2. The number of rotatable bonds is 13. The highest BCUT2D eigenvalue weighted by molar-refractivity contribution is 7.93. The van der Waals surface area contributed by atoms with Crippen molar-refractivity contribution in [1.29, 1.82) is 0 Å². The fraction of sp³-hybridized carbons (Fsp3) is 0.448. The number of carbonyl (C=O) groups excluding carboxylic acids is 1. The van der Waals surface area contributed by atoms with Gasteiger partial charge < -0.3 is 19.1 Å². The number of ether oxygens (including phenoxy) is 3. The molecule has 0 spiro atoms. The molecule has 0 aliphatic carbocycles. The van der Waals surface area contributed by atoms with Gasteiger partial charge in [0, 0.05) is 45.3 Å². The molecule has 1 aliphatic heterocycles. The summed E-state index contributed by atoms with van der Waals surface area (Å²) < 4.78 is 84.1. The second-order valence-electron chi connectivity index (χ2n) is 10.3. The van der Waals surface area contributed by atoms with Crippen molar-refractivity contribution in [1.82, 2.24) is 20.2 Å². The summed E-state index contributed by atoms with van der Waals surface area (Å²) in [6.07, 6.45) is -3.31. The van der Waals surface area contributed by atoms with Gasteiger partial charge in [-0.05, 0) is 54.8 Å². The molecule has 1 aromatic heterocycles. The van der Waals surface area contributed by atoms with E-state index in [4.69, 9.17) is 14.2 Å². The molecule has 240 valence electrons. The Bertz CT molecular complexity index is 1500. The van der Waals surface area contributed by atoms with Gasteiger partial charge in [0.2, 0.25) is 0 Å². The average molecular weight is 641 g/mol. The van der Waals surface area contributed by atoms with Gasteiger partial charge >= 0.3 is 6.18 Å². The molecule has 0 radical (unpaired) electrons. The number of piperidine rings is 1. The zero-order valence-corrected chi connectivity index (χ0v) is 25.2. The number of methoxy groups -OCH3 is 2. The number of benzene rings is 2. The number of aryl methyl sites for hydroxylation is 1. The van der Waals surface area contributed by atoms with Crippen LogP contribution in [0.15, 0.2) is 59.6 Å². The van der Waals surface area contributed by atoms with E-state index < -0.39 is 32.4 Å². The van der Waals surface area contributed by atoms with Crippen molar-refractivity contribution >= 4 is 15.7 Å². The summed E-state index contributed by atoms with van der Waals surface area (Å²) in [6, 6.07) is 11.7. The normalized spacial score (nSPS) is 15.6. The second kappa shape index (κ2) is 14.0. The number of sulfone groups is 1. The van der Waals surface area contributed by atoms with Gasteiger partial charge in [-0.3, -0.25) is 14.7 Å². The largest absolute Gasteiger partial charge is 0.497 e. The van der Waals surface area contributed by atoms with Crippen molar-refractivity contribution in [3.8, 4) is 22.6 Å². The maximum absolute atomic E-state index is 14.0. The molecule has 0 saturated carbocycles. The third-order valence-electron chi connectivity index (χ3n) is 7.73. The molecule has 1 aliphatic rings. The third kappa shape index (κ3) is 7.01. The van der Waals surface area contributed by atoms with Crippen molar-refractivity contribution < 1.29 is 45.8 Å². The fourth-order valence-electron chi connectivity index (χ4n) is 5.26. The van der Waals surface area contributed by atoms with E-state index in [1.807, 2.05) is 4.90 Å². The summed E-state index contributed by atoms with van der Waals surface area (Å²) in [4.78, 5) is 14.6. The quantitative estimate of drug-likeness (QED) is 0.163. The standard InChI is InChI=1S/C29H35F3N4O7S/c1-41-19-17-35-15-12-28(13-16-35,27(37)34-38)44(39,40)24-10-8-23(9-11-24)43-18-3-14-36-26(29(30,31)32)25(20-33-36)21-4-6-22(42-2)7-5-21/h4-11,20,38H,3,12-19H2,1-2H3,(H,34,37). The second-order valence-corrected chi connectivity index (χ2v) is 12.6. The van der Waals surface area contributed by atoms with Crippen LogP contribution in [0, 0.1) is 0 Å². The van der Waals surface area contributed by atoms with Crippen LogP contribution in [0.2, 0.25) is 0 Å². The van der Waals surface area contributed by atoms with Crippen LogP contribution in [0.1, 0.15) is 25.0 Å². The van der Waals surface area contributed by atoms with Crippen LogP contribution in [0.5, 0.6) is 11.5 Å². The lowest BCUT2D eigenvalue weighted by Gasteiger charge is -2.39. The molecule has 2 aromatic carbocycles. The Kier molecular flexibility index (Phi) is 10.6. The highest BCUT2D eigenvalue weighted by Crippen LogP contribution is 2.38. The Balaban J connectivity index is 1.40. The number of nitrogens with one attached hydrogen (secondary N) is 1. The maximum Gasteiger partial charge on any atom is 0.433 e. The Labute approximate surface area is 253 Å². The molecule has 4 rings (SSSR count). The molecule has 1 amide bonds. The van der Waals surface area contributed by atoms with Gasteiger partial charge in [-0.1, -0.05) is 12.1 Å². The molecule has 1 fully saturated rings. The zero-order chi connectivity index (χ0) is 32.0. The Hall–Kier alpha value is -3.66. The Morgan fingerprint density at radius 1 is 1.00 bits per heavy atom. The first-order valence-corrected chi connectivity index (χ1v) is 15.4. The van der Waals surface area contributed by atoms with Crippen molar-refractivity contribution in [2.75, 3.05) is 47.1 Å². The molecule has 1 saturated heterocycles. The summed E-state index contributed by atoms with van der Waals surface area (Å²) in [5, 5.41) is 13.3. The van der Waals surface area contributed by atoms with E-state index in [1.165, 1.54) is 55.2 Å². The molecule has 2 heterocycles. The van der Waals surface area contributed by atoms with E-state index in [-0.39, 0.29) is 42.9 Å². The topological polar surface area (TPSA) is 132 Å². The number of alkyl halides is 3. The minimum Gasteiger partial charge on any atom is -0.497 e. The minimum atomic E-state index is -4.64. The Morgan fingerprint density at radius 2 is 1.64 bits per heavy atom. The maximum atomic E-state index is 14.0. The van der Waals surface area contributed by atoms with Crippen molar-refractivity contribution in [2.24, 2.45) is 0 Å². The van der Waals surface area contributed by atoms with Crippen LogP contribution in [0.25, 0.3) is 11.1 Å². The zero-order valence-electron chi connectivity index (χ0n) is 24.3. The molecular formula is C29H35F3N4O7S. The van der Waals surface area contributed by atoms with E-state index in [0.29, 0.717) is 43.3 Å². The van der Waals surface area contributed by atoms with E-state index in [2.05, 4.69) is 5.10 Å². The Morgan fingerprint density at radius 3 is 2.20 bits per heavy atom. The summed E-state index contributed by atoms with van der Waals surface area (Å²) in [7, 11) is -1.18. The molecule has 15 heteroatoms. The van der Waals surface area contributed by atoms with Gasteiger partial charge in [0.1, 0.15) is 17.2 Å². The number of nitrogens with zero attached hydrogens (tertiary/aromatic N) is 3. The minimum absolute atomic E-state index is 0.0167. The molecular weight excluding hydrogens is 605 g/mol. The van der Waals surface area contributed by atoms with Crippen molar-refractivity contribution in [3.05, 3.63) is 60.4 Å². The molecule has 0 atom stereocenters. The number of halogens is 3. The van der Waals surface area contributed by atoms with Crippen LogP contribution >= 0.6 is 0 Å². The fourth-order valence-corrected chi connectivity index (χ4v) is 7.21. The highest BCUT2D eigenvalue weighted by atomic mass is 32.2. The van der Waals surface area contributed by atoms with Crippen LogP contribution in [-0.4, -0.2) is 86.0 Å². The lowest BCUT2D eigenvalue weighted by atomic mass is 9.95. The lowest BCUT2D eigenvalue weighted by Crippen LogP contribution is -2.57. The van der Waals surface area contributed by atoms with Crippen LogP contribution in [0.4, 0.5) is 13.2 Å². The molecule has 11 nitrogen and oxygen atoms in total. The van der Waals surface area contributed by atoms with E-state index in [0.717, 1.165) is 4.68 Å². The number of carbonyl (C=O) groups is 1. The van der Waals surface area contributed by atoms with Crippen molar-refractivity contribution in [2.45, 2.75) is 41.6 Å². The van der Waals surface area contributed by atoms with Crippen LogP contribution in [0.3, 0.4) is 0 Å². The highest BCUT2D eigenvalue weighted by Gasteiger charge is 2.52. The van der Waals surface area contributed by atoms with Crippen molar-refractivity contribution in [3.63, 3.8) is 0 Å². The van der Waals surface area contributed by atoms with Gasteiger partial charge in [-0.25, -0.2) is 13.9 Å². The third-order valence-corrected chi connectivity index (χ3v) is 10.2. The predicted octanol–water partition coefficient (Wildman–Crippen LogP) is 3.81. The molecule has 0 bridgehead atoms. The number of amides is 1. The van der Waals surface area contributed by atoms with E-state index in [1.54, 1.807) is 19.2 Å². The van der Waals surface area contributed by atoms with E-state index >= 15 is 0 Å². The average Bonchev–Trinajstić information content (AvgIpc) is 3.47. The van der Waals surface area contributed by atoms with Gasteiger partial charge in [0.25, 0.3) is 5.91 Å². The van der Waals surface area contributed by atoms with Gasteiger partial charge in [-0.2, -0.15) is 18.3 Å². The monoisotopic (exact) mass is 640 g/mol. The molecule has 0 unspecified atom stereocenters. The van der Waals surface area contributed by atoms with Crippen LogP contribution in [-0.2, 0) is 32.1 Å². The van der Waals surface area contributed by atoms with Gasteiger partial charge in [0.05, 0.1) is 31.4 Å². The number of aromatic nitrogens is 2. The first-order chi connectivity index (χ1) is 21.0. The lowest BCUT2D eigenvalue weighted by molar-refractivity contribution is -0.143.